The molecule has 3 nitrogen and oxygen atoms in total. The van der Waals surface area contributed by atoms with Crippen LogP contribution in [0.15, 0.2) is 0 Å². The number of hydrogen-bond acceptors (Lipinski definition) is 4. The first kappa shape index (κ1) is 13.3. The molecule has 1 atom stereocenters. The lowest BCUT2D eigenvalue weighted by Crippen LogP contribution is -2.42. The zero-order valence-corrected chi connectivity index (χ0v) is 10.8. The Hall–Kier alpha value is 0.230. The Morgan fingerprint density at radius 2 is 2.07 bits per heavy atom. The summed E-state index contributed by atoms with van der Waals surface area (Å²) in [6.45, 7) is 7.21. The smallest absolute Gasteiger partial charge is 0.0833 e. The molecule has 1 unspecified atom stereocenters. The van der Waals surface area contributed by atoms with Crippen LogP contribution in [0.25, 0.3) is 0 Å². The van der Waals surface area contributed by atoms with Crippen LogP contribution >= 0.6 is 11.8 Å². The van der Waals surface area contributed by atoms with Crippen LogP contribution in [0.3, 0.4) is 0 Å². The van der Waals surface area contributed by atoms with Crippen molar-refractivity contribution in [1.82, 2.24) is 10.2 Å². The molecule has 1 saturated heterocycles. The van der Waals surface area contributed by atoms with Crippen molar-refractivity contribution in [2.45, 2.75) is 25.4 Å². The van der Waals surface area contributed by atoms with Gasteiger partial charge >= 0.3 is 0 Å². The van der Waals surface area contributed by atoms with Gasteiger partial charge < -0.3 is 15.3 Å². The zero-order valence-electron chi connectivity index (χ0n) is 9.96. The first-order valence-electron chi connectivity index (χ1n) is 5.78. The molecule has 0 radical (unpaired) electrons. The Balaban J connectivity index is 2.00. The minimum atomic E-state index is -0.565. The van der Waals surface area contributed by atoms with Gasteiger partial charge in [-0.25, -0.2) is 0 Å². The topological polar surface area (TPSA) is 35.5 Å². The molecular weight excluding hydrogens is 208 g/mol. The molecule has 0 amide bonds. The summed E-state index contributed by atoms with van der Waals surface area (Å²) in [5.41, 5.74) is -0.565. The van der Waals surface area contributed by atoms with Crippen molar-refractivity contribution >= 4 is 11.8 Å². The molecule has 0 saturated carbocycles. The lowest BCUT2D eigenvalue weighted by molar-refractivity contribution is 0.0843. The van der Waals surface area contributed by atoms with Crippen LogP contribution in [0.2, 0.25) is 0 Å². The fraction of sp³-hybridized carbons (Fsp3) is 1.00. The first-order valence-corrected chi connectivity index (χ1v) is 7.18. The van der Waals surface area contributed by atoms with Gasteiger partial charge in [-0.05, 0) is 39.1 Å². The van der Waals surface area contributed by atoms with Crippen molar-refractivity contribution in [2.75, 3.05) is 44.7 Å². The number of thioether (sulfide) groups is 1. The molecule has 0 aromatic rings. The van der Waals surface area contributed by atoms with E-state index in [0.29, 0.717) is 6.54 Å². The molecule has 1 aliphatic rings. The average molecular weight is 232 g/mol. The maximum Gasteiger partial charge on any atom is 0.0833 e. The van der Waals surface area contributed by atoms with Crippen molar-refractivity contribution in [3.05, 3.63) is 0 Å². The number of aliphatic hydroxyl groups is 1. The molecule has 90 valence electrons. The van der Waals surface area contributed by atoms with Gasteiger partial charge in [-0.2, -0.15) is 11.8 Å². The maximum absolute atomic E-state index is 9.91. The van der Waals surface area contributed by atoms with Crippen LogP contribution in [0.4, 0.5) is 0 Å². The molecule has 0 spiro atoms. The predicted octanol–water partition coefficient (Wildman–Crippen LogP) is 0.786. The molecule has 2 N–H and O–H groups in total. The van der Waals surface area contributed by atoms with Crippen LogP contribution in [0.1, 0.15) is 19.8 Å². The SMILES string of the molecule is CSCC(C)(O)CNCCN1CCCC1. The van der Waals surface area contributed by atoms with E-state index in [2.05, 4.69) is 10.2 Å². The Morgan fingerprint density at radius 1 is 1.40 bits per heavy atom. The third kappa shape index (κ3) is 5.76. The van der Waals surface area contributed by atoms with Crippen molar-refractivity contribution in [3.63, 3.8) is 0 Å². The van der Waals surface area contributed by atoms with Gasteiger partial charge in [0.25, 0.3) is 0 Å². The summed E-state index contributed by atoms with van der Waals surface area (Å²) in [5.74, 6) is 0.795. The quantitative estimate of drug-likeness (QED) is 0.636. The van der Waals surface area contributed by atoms with Gasteiger partial charge in [-0.3, -0.25) is 0 Å². The van der Waals surface area contributed by atoms with Crippen molar-refractivity contribution in [2.24, 2.45) is 0 Å². The Morgan fingerprint density at radius 3 is 2.67 bits per heavy atom. The number of hydrogen-bond donors (Lipinski definition) is 2. The maximum atomic E-state index is 9.91. The summed E-state index contributed by atoms with van der Waals surface area (Å²) in [4.78, 5) is 2.48. The molecule has 1 fully saturated rings. The largest absolute Gasteiger partial charge is 0.388 e. The third-order valence-corrected chi connectivity index (χ3v) is 3.68. The highest BCUT2D eigenvalue weighted by atomic mass is 32.2. The van der Waals surface area contributed by atoms with Gasteiger partial charge in [-0.1, -0.05) is 0 Å². The van der Waals surface area contributed by atoms with Gasteiger partial charge in [0.05, 0.1) is 5.60 Å². The Labute approximate surface area is 97.6 Å². The van der Waals surface area contributed by atoms with E-state index in [-0.39, 0.29) is 0 Å². The highest BCUT2D eigenvalue weighted by Crippen LogP contribution is 2.09. The van der Waals surface area contributed by atoms with Crippen molar-refractivity contribution in [3.8, 4) is 0 Å². The van der Waals surface area contributed by atoms with Gasteiger partial charge in [-0.15, -0.1) is 0 Å². The molecule has 0 aromatic heterocycles. The minimum absolute atomic E-state index is 0.565. The van der Waals surface area contributed by atoms with Gasteiger partial charge in [0.2, 0.25) is 0 Å². The standard InChI is InChI=1S/C11H24N2OS/c1-11(14,10-15-2)9-12-5-8-13-6-3-4-7-13/h12,14H,3-10H2,1-2H3. The molecule has 1 aliphatic heterocycles. The van der Waals surface area contributed by atoms with E-state index >= 15 is 0 Å². The summed E-state index contributed by atoms with van der Waals surface area (Å²) in [6.07, 6.45) is 4.73. The van der Waals surface area contributed by atoms with E-state index in [9.17, 15) is 5.11 Å². The molecule has 0 aromatic carbocycles. The second-order valence-corrected chi connectivity index (χ2v) is 5.52. The van der Waals surface area contributed by atoms with Gasteiger partial charge in [0.1, 0.15) is 0 Å². The van der Waals surface area contributed by atoms with Crippen molar-refractivity contribution < 1.29 is 5.11 Å². The molecule has 0 aliphatic carbocycles. The predicted molar refractivity (Wildman–Crippen MR) is 67.5 cm³/mol. The second kappa shape index (κ2) is 6.74. The lowest BCUT2D eigenvalue weighted by atomic mass is 10.1. The Bertz CT molecular complexity index is 170. The number of likely N-dealkylation sites (tertiary alicyclic amines) is 1. The zero-order chi connectivity index (χ0) is 11.1. The highest BCUT2D eigenvalue weighted by molar-refractivity contribution is 7.98. The summed E-state index contributed by atoms with van der Waals surface area (Å²) in [6, 6.07) is 0. The summed E-state index contributed by atoms with van der Waals surface area (Å²) < 4.78 is 0. The monoisotopic (exact) mass is 232 g/mol. The minimum Gasteiger partial charge on any atom is -0.388 e. The van der Waals surface area contributed by atoms with E-state index in [1.807, 2.05) is 13.2 Å². The van der Waals surface area contributed by atoms with E-state index in [0.717, 1.165) is 18.8 Å². The normalized spacial score (nSPS) is 21.8. The van der Waals surface area contributed by atoms with Crippen LogP contribution in [0.5, 0.6) is 0 Å². The number of nitrogens with one attached hydrogen (secondary N) is 1. The van der Waals surface area contributed by atoms with Gasteiger partial charge in [0, 0.05) is 25.4 Å². The lowest BCUT2D eigenvalue weighted by Gasteiger charge is -2.23. The summed E-state index contributed by atoms with van der Waals surface area (Å²) >= 11 is 1.69. The molecule has 15 heavy (non-hydrogen) atoms. The van der Waals surface area contributed by atoms with Crippen LogP contribution in [0, 0.1) is 0 Å². The molecule has 1 heterocycles. The van der Waals surface area contributed by atoms with Crippen LogP contribution in [-0.4, -0.2) is 60.3 Å². The van der Waals surface area contributed by atoms with Crippen LogP contribution < -0.4 is 5.32 Å². The van der Waals surface area contributed by atoms with Crippen molar-refractivity contribution in [1.29, 1.82) is 0 Å². The fourth-order valence-electron chi connectivity index (χ4n) is 1.96. The summed E-state index contributed by atoms with van der Waals surface area (Å²) in [5, 5.41) is 13.2. The van der Waals surface area contributed by atoms with E-state index < -0.39 is 5.60 Å². The van der Waals surface area contributed by atoms with Crippen LogP contribution in [-0.2, 0) is 0 Å². The number of nitrogens with zero attached hydrogens (tertiary/aromatic N) is 1. The highest BCUT2D eigenvalue weighted by Gasteiger charge is 2.18. The van der Waals surface area contributed by atoms with E-state index in [4.69, 9.17) is 0 Å². The van der Waals surface area contributed by atoms with E-state index in [1.54, 1.807) is 11.8 Å². The first-order chi connectivity index (χ1) is 7.14. The molecule has 1 rings (SSSR count). The van der Waals surface area contributed by atoms with E-state index in [1.165, 1.54) is 25.9 Å². The fourth-order valence-corrected chi connectivity index (χ4v) is 2.69. The third-order valence-electron chi connectivity index (χ3n) is 2.76. The average Bonchev–Trinajstić information content (AvgIpc) is 2.65. The second-order valence-electron chi connectivity index (χ2n) is 4.66. The molecular formula is C11H24N2OS. The summed E-state index contributed by atoms with van der Waals surface area (Å²) in [7, 11) is 0. The molecule has 0 bridgehead atoms. The molecule has 4 heteroatoms. The Kier molecular flexibility index (Phi) is 5.97. The number of rotatable bonds is 7. The van der Waals surface area contributed by atoms with Gasteiger partial charge in [0.15, 0.2) is 0 Å².